The summed E-state index contributed by atoms with van der Waals surface area (Å²) < 4.78 is 0. The molecule has 0 saturated heterocycles. The molecule has 0 aliphatic rings. The van der Waals surface area contributed by atoms with Gasteiger partial charge in [-0.15, -0.1) is 0 Å². The first-order chi connectivity index (χ1) is 8.45. The van der Waals surface area contributed by atoms with Crippen LogP contribution in [0.5, 0.6) is 0 Å². The third kappa shape index (κ3) is 2.35. The molecule has 0 saturated carbocycles. The Kier molecular flexibility index (Phi) is 2.81. The minimum atomic E-state index is -0.215. The maximum Gasteiger partial charge on any atom is 0.193 e. The van der Waals surface area contributed by atoms with Gasteiger partial charge in [-0.1, -0.05) is 0 Å². The number of hydrogen-bond acceptors (Lipinski definition) is 5. The Morgan fingerprint density at radius 3 is 1.17 bits per heavy atom. The highest BCUT2D eigenvalue weighted by atomic mass is 16.1. The van der Waals surface area contributed by atoms with Crippen LogP contribution >= 0.6 is 0 Å². The van der Waals surface area contributed by atoms with Crippen LogP contribution in [0.1, 0.15) is 15.9 Å². The standard InChI is InChI=1S/C13H14N4O/c14-9-1-7(2-10(15)5-9)13(18)8-3-11(16)6-12(17)4-8/h1-6H,14-17H2. The van der Waals surface area contributed by atoms with Crippen molar-refractivity contribution in [3.05, 3.63) is 47.5 Å². The Balaban J connectivity index is 2.47. The summed E-state index contributed by atoms with van der Waals surface area (Å²) in [5.41, 5.74) is 25.2. The number of carbonyl (C=O) groups excluding carboxylic acids is 1. The van der Waals surface area contributed by atoms with Crippen LogP contribution in [0.3, 0.4) is 0 Å². The lowest BCUT2D eigenvalue weighted by Gasteiger charge is -2.06. The van der Waals surface area contributed by atoms with E-state index in [1.54, 1.807) is 36.4 Å². The quantitative estimate of drug-likeness (QED) is 0.466. The fourth-order valence-corrected chi connectivity index (χ4v) is 1.78. The summed E-state index contributed by atoms with van der Waals surface area (Å²) in [6, 6.07) is 9.45. The van der Waals surface area contributed by atoms with E-state index in [9.17, 15) is 4.79 Å². The highest BCUT2D eigenvalue weighted by Gasteiger charge is 2.11. The summed E-state index contributed by atoms with van der Waals surface area (Å²) in [6.45, 7) is 0. The van der Waals surface area contributed by atoms with Crippen molar-refractivity contribution < 1.29 is 4.79 Å². The van der Waals surface area contributed by atoms with Crippen LogP contribution in [0, 0.1) is 0 Å². The summed E-state index contributed by atoms with van der Waals surface area (Å²) in [7, 11) is 0. The molecule has 0 atom stereocenters. The molecule has 0 aromatic heterocycles. The Labute approximate surface area is 104 Å². The summed E-state index contributed by atoms with van der Waals surface area (Å²) in [5.74, 6) is -0.215. The zero-order valence-corrected chi connectivity index (χ0v) is 9.68. The molecular weight excluding hydrogens is 228 g/mol. The molecule has 0 bridgehead atoms. The normalized spacial score (nSPS) is 10.2. The van der Waals surface area contributed by atoms with Gasteiger partial charge in [0.05, 0.1) is 0 Å². The summed E-state index contributed by atoms with van der Waals surface area (Å²) >= 11 is 0. The average molecular weight is 242 g/mol. The second-order valence-electron chi connectivity index (χ2n) is 4.11. The minimum absolute atomic E-state index is 0.215. The number of benzene rings is 2. The van der Waals surface area contributed by atoms with Crippen LogP contribution in [0.2, 0.25) is 0 Å². The number of nitrogen functional groups attached to an aromatic ring is 4. The maximum atomic E-state index is 12.2. The fourth-order valence-electron chi connectivity index (χ4n) is 1.78. The lowest BCUT2D eigenvalue weighted by Crippen LogP contribution is -2.05. The van der Waals surface area contributed by atoms with E-state index in [4.69, 9.17) is 22.9 Å². The molecule has 0 aliphatic heterocycles. The van der Waals surface area contributed by atoms with Crippen molar-refractivity contribution in [3.8, 4) is 0 Å². The number of rotatable bonds is 2. The first kappa shape index (κ1) is 11.8. The largest absolute Gasteiger partial charge is 0.399 e. The van der Waals surface area contributed by atoms with Crippen molar-refractivity contribution in [1.82, 2.24) is 0 Å². The topological polar surface area (TPSA) is 121 Å². The molecule has 0 spiro atoms. The SMILES string of the molecule is Nc1cc(N)cc(C(=O)c2cc(N)cc(N)c2)c1. The number of nitrogens with two attached hydrogens (primary N) is 4. The highest BCUT2D eigenvalue weighted by Crippen LogP contribution is 2.20. The van der Waals surface area contributed by atoms with Gasteiger partial charge in [0.15, 0.2) is 5.78 Å². The third-order valence-corrected chi connectivity index (χ3v) is 2.48. The molecule has 0 amide bonds. The van der Waals surface area contributed by atoms with E-state index in [0.29, 0.717) is 33.9 Å². The van der Waals surface area contributed by atoms with Crippen LogP contribution in [0.25, 0.3) is 0 Å². The van der Waals surface area contributed by atoms with E-state index in [0.717, 1.165) is 0 Å². The van der Waals surface area contributed by atoms with E-state index in [1.165, 1.54) is 0 Å². The lowest BCUT2D eigenvalue weighted by atomic mass is 10.0. The van der Waals surface area contributed by atoms with Crippen LogP contribution in [0.15, 0.2) is 36.4 Å². The smallest absolute Gasteiger partial charge is 0.193 e. The van der Waals surface area contributed by atoms with Crippen molar-refractivity contribution >= 4 is 28.5 Å². The Bertz CT molecular complexity index is 528. The van der Waals surface area contributed by atoms with E-state index in [2.05, 4.69) is 0 Å². The van der Waals surface area contributed by atoms with Crippen molar-refractivity contribution in [2.75, 3.05) is 22.9 Å². The summed E-state index contributed by atoms with van der Waals surface area (Å²) in [5, 5.41) is 0. The Hall–Kier alpha value is -2.69. The van der Waals surface area contributed by atoms with E-state index >= 15 is 0 Å². The molecular formula is C13H14N4O. The number of ketones is 1. The number of anilines is 4. The van der Waals surface area contributed by atoms with Gasteiger partial charge in [0.25, 0.3) is 0 Å². The molecule has 18 heavy (non-hydrogen) atoms. The molecule has 0 unspecified atom stereocenters. The van der Waals surface area contributed by atoms with E-state index in [-0.39, 0.29) is 5.78 Å². The van der Waals surface area contributed by atoms with Gasteiger partial charge in [-0.2, -0.15) is 0 Å². The molecule has 2 aromatic rings. The fraction of sp³-hybridized carbons (Fsp3) is 0. The number of carbonyl (C=O) groups is 1. The molecule has 2 aromatic carbocycles. The van der Waals surface area contributed by atoms with Crippen molar-refractivity contribution in [1.29, 1.82) is 0 Å². The van der Waals surface area contributed by atoms with E-state index < -0.39 is 0 Å². The predicted molar refractivity (Wildman–Crippen MR) is 74.0 cm³/mol. The molecule has 5 nitrogen and oxygen atoms in total. The molecule has 8 N–H and O–H groups in total. The Morgan fingerprint density at radius 1 is 0.611 bits per heavy atom. The second kappa shape index (κ2) is 4.29. The van der Waals surface area contributed by atoms with Gasteiger partial charge in [0, 0.05) is 33.9 Å². The molecule has 2 rings (SSSR count). The van der Waals surface area contributed by atoms with Gasteiger partial charge in [0.1, 0.15) is 0 Å². The lowest BCUT2D eigenvalue weighted by molar-refractivity contribution is 0.103. The van der Waals surface area contributed by atoms with E-state index in [1.807, 2.05) is 0 Å². The first-order valence-electron chi connectivity index (χ1n) is 5.32. The first-order valence-corrected chi connectivity index (χ1v) is 5.32. The second-order valence-corrected chi connectivity index (χ2v) is 4.11. The van der Waals surface area contributed by atoms with Crippen molar-refractivity contribution in [3.63, 3.8) is 0 Å². The van der Waals surface area contributed by atoms with Gasteiger partial charge >= 0.3 is 0 Å². The van der Waals surface area contributed by atoms with Gasteiger partial charge < -0.3 is 22.9 Å². The third-order valence-electron chi connectivity index (χ3n) is 2.48. The minimum Gasteiger partial charge on any atom is -0.399 e. The average Bonchev–Trinajstić information content (AvgIpc) is 2.25. The molecule has 0 radical (unpaired) electrons. The van der Waals surface area contributed by atoms with Crippen molar-refractivity contribution in [2.24, 2.45) is 0 Å². The van der Waals surface area contributed by atoms with Gasteiger partial charge in [-0.05, 0) is 36.4 Å². The summed E-state index contributed by atoms with van der Waals surface area (Å²) in [6.07, 6.45) is 0. The molecule has 0 heterocycles. The molecule has 0 fully saturated rings. The van der Waals surface area contributed by atoms with Gasteiger partial charge in [-0.3, -0.25) is 4.79 Å². The zero-order chi connectivity index (χ0) is 13.3. The Morgan fingerprint density at radius 2 is 0.889 bits per heavy atom. The molecule has 5 heteroatoms. The highest BCUT2D eigenvalue weighted by molar-refractivity contribution is 6.10. The maximum absolute atomic E-state index is 12.2. The molecule has 0 aliphatic carbocycles. The van der Waals surface area contributed by atoms with Crippen molar-refractivity contribution in [2.45, 2.75) is 0 Å². The predicted octanol–water partition coefficient (Wildman–Crippen LogP) is 1.25. The van der Waals surface area contributed by atoms with Gasteiger partial charge in [0.2, 0.25) is 0 Å². The summed E-state index contributed by atoms with van der Waals surface area (Å²) in [4.78, 5) is 12.2. The van der Waals surface area contributed by atoms with Gasteiger partial charge in [-0.25, -0.2) is 0 Å². The zero-order valence-electron chi connectivity index (χ0n) is 9.68. The molecule has 92 valence electrons. The van der Waals surface area contributed by atoms with Crippen LogP contribution in [0.4, 0.5) is 22.7 Å². The monoisotopic (exact) mass is 242 g/mol. The van der Waals surface area contributed by atoms with Crippen LogP contribution < -0.4 is 22.9 Å². The van der Waals surface area contributed by atoms with Crippen LogP contribution in [-0.2, 0) is 0 Å². The van der Waals surface area contributed by atoms with Crippen LogP contribution in [-0.4, -0.2) is 5.78 Å². The number of hydrogen-bond donors (Lipinski definition) is 4.